The van der Waals surface area contributed by atoms with Gasteiger partial charge in [0.05, 0.1) is 5.60 Å². The minimum Gasteiger partial charge on any atom is -0.365 e. The van der Waals surface area contributed by atoms with E-state index in [0.717, 1.165) is 55.3 Å². The molecule has 1 spiro atoms. The number of allylic oxidation sites excluding steroid dienone is 1. The number of aliphatic hydroxyl groups excluding tert-OH is 1. The molecule has 4 fully saturated rings. The Morgan fingerprint density at radius 2 is 2.00 bits per heavy atom. The quantitative estimate of drug-likeness (QED) is 0.698. The van der Waals surface area contributed by atoms with Gasteiger partial charge in [-0.05, 0) is 105 Å². The van der Waals surface area contributed by atoms with Crippen LogP contribution in [0, 0.1) is 40.9 Å². The van der Waals surface area contributed by atoms with Crippen LogP contribution in [-0.4, -0.2) is 22.8 Å². The van der Waals surface area contributed by atoms with Gasteiger partial charge in [0.2, 0.25) is 0 Å². The molecule has 0 saturated heterocycles. The molecule has 0 radical (unpaired) electrons. The van der Waals surface area contributed by atoms with Crippen LogP contribution in [-0.2, 0) is 9.53 Å². The Bertz CT molecular complexity index is 749. The summed E-state index contributed by atoms with van der Waals surface area (Å²) in [6.07, 6.45) is 17.3. The number of rotatable bonds is 2. The van der Waals surface area contributed by atoms with E-state index < -0.39 is 6.29 Å². The summed E-state index contributed by atoms with van der Waals surface area (Å²) in [5.74, 6) is 4.99. The number of ether oxygens (including phenoxy) is 1. The SMILES string of the molecule is CC[C@]12CCC3C(C1CC[C@@]21C=CC(O)O1)[C@H](C1CC1)CC1=CC(=O)CC[C@@H]13. The van der Waals surface area contributed by atoms with E-state index in [1.165, 1.54) is 44.1 Å². The van der Waals surface area contributed by atoms with Crippen molar-refractivity contribution >= 4 is 5.78 Å². The Labute approximate surface area is 168 Å². The highest BCUT2D eigenvalue weighted by Gasteiger charge is 2.67. The van der Waals surface area contributed by atoms with Crippen LogP contribution in [0.25, 0.3) is 0 Å². The molecular formula is C25H34O3. The average molecular weight is 383 g/mol. The molecule has 8 atom stereocenters. The first-order valence-electron chi connectivity index (χ1n) is 11.9. The predicted molar refractivity (Wildman–Crippen MR) is 107 cm³/mol. The van der Waals surface area contributed by atoms with E-state index in [-0.39, 0.29) is 11.0 Å². The van der Waals surface area contributed by atoms with Crippen molar-refractivity contribution in [3.05, 3.63) is 23.8 Å². The summed E-state index contributed by atoms with van der Waals surface area (Å²) >= 11 is 0. The minimum atomic E-state index is -0.718. The summed E-state index contributed by atoms with van der Waals surface area (Å²) in [7, 11) is 0. The van der Waals surface area contributed by atoms with Gasteiger partial charge >= 0.3 is 0 Å². The van der Waals surface area contributed by atoms with E-state index in [1.54, 1.807) is 0 Å². The Kier molecular flexibility index (Phi) is 3.86. The van der Waals surface area contributed by atoms with E-state index in [9.17, 15) is 9.90 Å². The highest BCUT2D eigenvalue weighted by molar-refractivity contribution is 5.91. The molecule has 0 aromatic heterocycles. The zero-order valence-electron chi connectivity index (χ0n) is 17.1. The molecule has 4 unspecified atom stereocenters. The molecular weight excluding hydrogens is 348 g/mol. The number of carbonyl (C=O) groups excluding carboxylic acids is 1. The van der Waals surface area contributed by atoms with Crippen LogP contribution in [0.1, 0.15) is 71.1 Å². The molecule has 3 heteroatoms. The van der Waals surface area contributed by atoms with Gasteiger partial charge in [0, 0.05) is 11.8 Å². The lowest BCUT2D eigenvalue weighted by atomic mass is 9.46. The van der Waals surface area contributed by atoms with Gasteiger partial charge in [-0.2, -0.15) is 0 Å². The fourth-order valence-corrected chi connectivity index (χ4v) is 8.84. The van der Waals surface area contributed by atoms with E-state index in [2.05, 4.69) is 19.1 Å². The van der Waals surface area contributed by atoms with Crippen LogP contribution in [0.3, 0.4) is 0 Å². The van der Waals surface area contributed by atoms with Crippen LogP contribution in [0.15, 0.2) is 23.8 Å². The van der Waals surface area contributed by atoms with Gasteiger partial charge in [-0.15, -0.1) is 0 Å². The van der Waals surface area contributed by atoms with E-state index >= 15 is 0 Å². The van der Waals surface area contributed by atoms with Crippen LogP contribution in [0.5, 0.6) is 0 Å². The number of carbonyl (C=O) groups is 1. The zero-order valence-corrected chi connectivity index (χ0v) is 17.1. The largest absolute Gasteiger partial charge is 0.365 e. The van der Waals surface area contributed by atoms with E-state index in [4.69, 9.17) is 4.74 Å². The monoisotopic (exact) mass is 382 g/mol. The Balaban J connectivity index is 1.41. The molecule has 4 saturated carbocycles. The summed E-state index contributed by atoms with van der Waals surface area (Å²) in [4.78, 5) is 12.1. The third kappa shape index (κ3) is 2.27. The second-order valence-corrected chi connectivity index (χ2v) is 10.7. The van der Waals surface area contributed by atoms with Crippen molar-refractivity contribution in [2.75, 3.05) is 0 Å². The molecule has 152 valence electrons. The Morgan fingerprint density at radius 1 is 1.14 bits per heavy atom. The Hall–Kier alpha value is -0.930. The fourth-order valence-electron chi connectivity index (χ4n) is 8.84. The van der Waals surface area contributed by atoms with Crippen molar-refractivity contribution in [1.29, 1.82) is 0 Å². The number of aliphatic hydroxyl groups is 1. The molecule has 6 aliphatic rings. The van der Waals surface area contributed by atoms with Crippen molar-refractivity contribution in [1.82, 2.24) is 0 Å². The maximum absolute atomic E-state index is 12.1. The Morgan fingerprint density at radius 3 is 2.71 bits per heavy atom. The van der Waals surface area contributed by atoms with Crippen molar-refractivity contribution in [3.63, 3.8) is 0 Å². The van der Waals surface area contributed by atoms with Gasteiger partial charge in [0.1, 0.15) is 0 Å². The maximum Gasteiger partial charge on any atom is 0.175 e. The van der Waals surface area contributed by atoms with E-state index in [0.29, 0.717) is 11.7 Å². The molecule has 3 nitrogen and oxygen atoms in total. The van der Waals surface area contributed by atoms with E-state index in [1.807, 2.05) is 6.08 Å². The molecule has 28 heavy (non-hydrogen) atoms. The molecule has 6 rings (SSSR count). The molecule has 0 aromatic rings. The highest BCUT2D eigenvalue weighted by atomic mass is 16.6. The first kappa shape index (κ1) is 17.9. The standard InChI is InChI=1S/C25H34O3/c1-2-24-10-7-19-18-6-5-17(26)13-16(18)14-20(15-3-4-15)23(19)21(24)8-11-25(24)12-9-22(27)28-25/h9,12-13,15,18-23,27H,2-8,10-11,14H2,1H3/t18-,19?,20-,21?,22?,23?,24-,25+/m0/s1. The number of hydrogen-bond donors (Lipinski definition) is 1. The maximum atomic E-state index is 12.1. The first-order valence-corrected chi connectivity index (χ1v) is 11.9. The molecule has 0 bridgehead atoms. The normalized spacial score (nSPS) is 52.4. The first-order chi connectivity index (χ1) is 13.6. The van der Waals surface area contributed by atoms with Crippen molar-refractivity contribution in [2.24, 2.45) is 40.9 Å². The summed E-state index contributed by atoms with van der Waals surface area (Å²) in [6, 6.07) is 0. The summed E-state index contributed by atoms with van der Waals surface area (Å²) < 4.78 is 6.27. The van der Waals surface area contributed by atoms with Crippen LogP contribution in [0.4, 0.5) is 0 Å². The highest BCUT2D eigenvalue weighted by Crippen LogP contribution is 2.70. The van der Waals surface area contributed by atoms with Gasteiger partial charge in [-0.25, -0.2) is 0 Å². The van der Waals surface area contributed by atoms with Crippen molar-refractivity contribution in [3.8, 4) is 0 Å². The lowest BCUT2D eigenvalue weighted by Gasteiger charge is -2.59. The molecule has 0 amide bonds. The van der Waals surface area contributed by atoms with Gasteiger partial charge in [0.25, 0.3) is 0 Å². The third-order valence-corrected chi connectivity index (χ3v) is 9.99. The molecule has 0 aromatic carbocycles. The van der Waals surface area contributed by atoms with Crippen LogP contribution in [0.2, 0.25) is 0 Å². The summed E-state index contributed by atoms with van der Waals surface area (Å²) in [6.45, 7) is 2.36. The predicted octanol–water partition coefficient (Wildman–Crippen LogP) is 4.80. The fraction of sp³-hybridized carbons (Fsp3) is 0.800. The van der Waals surface area contributed by atoms with Crippen LogP contribution < -0.4 is 0 Å². The van der Waals surface area contributed by atoms with Crippen LogP contribution >= 0.6 is 0 Å². The molecule has 1 aliphatic heterocycles. The lowest BCUT2D eigenvalue weighted by molar-refractivity contribution is -0.192. The molecule has 1 N–H and O–H groups in total. The topological polar surface area (TPSA) is 46.5 Å². The summed E-state index contributed by atoms with van der Waals surface area (Å²) in [5, 5.41) is 10.2. The zero-order chi connectivity index (χ0) is 19.1. The third-order valence-electron chi connectivity index (χ3n) is 9.99. The second-order valence-electron chi connectivity index (χ2n) is 10.7. The van der Waals surface area contributed by atoms with Gasteiger partial charge in [-0.3, -0.25) is 4.79 Å². The molecule has 1 heterocycles. The molecule has 5 aliphatic carbocycles. The smallest absolute Gasteiger partial charge is 0.175 e. The second kappa shape index (κ2) is 6.04. The minimum absolute atomic E-state index is 0.195. The van der Waals surface area contributed by atoms with Gasteiger partial charge < -0.3 is 9.84 Å². The lowest BCUT2D eigenvalue weighted by Crippen LogP contribution is -2.56. The number of ketones is 1. The summed E-state index contributed by atoms with van der Waals surface area (Å²) in [5.41, 5.74) is 1.48. The number of fused-ring (bicyclic) bond motifs is 6. The number of hydrogen-bond acceptors (Lipinski definition) is 3. The van der Waals surface area contributed by atoms with Gasteiger partial charge in [0.15, 0.2) is 12.1 Å². The van der Waals surface area contributed by atoms with Gasteiger partial charge in [-0.1, -0.05) is 18.6 Å². The van der Waals surface area contributed by atoms with Crippen molar-refractivity contribution < 1.29 is 14.6 Å². The average Bonchev–Trinajstić information content (AvgIpc) is 3.40. The van der Waals surface area contributed by atoms with Crippen molar-refractivity contribution in [2.45, 2.75) is 83.0 Å².